The second kappa shape index (κ2) is 7.85. The van der Waals surface area contributed by atoms with E-state index in [1.165, 1.54) is 0 Å². The van der Waals surface area contributed by atoms with Crippen LogP contribution in [0.3, 0.4) is 0 Å². The molecule has 2 aromatic carbocycles. The number of hydrogen-bond acceptors (Lipinski definition) is 3. The Morgan fingerprint density at radius 3 is 2.21 bits per heavy atom. The summed E-state index contributed by atoms with van der Waals surface area (Å²) >= 11 is 12.0. The van der Waals surface area contributed by atoms with Gasteiger partial charge in [-0.05, 0) is 50.8 Å². The highest BCUT2D eigenvalue weighted by molar-refractivity contribution is 7.89. The van der Waals surface area contributed by atoms with E-state index in [1.54, 1.807) is 42.5 Å². The van der Waals surface area contributed by atoms with Crippen LogP contribution >= 0.6 is 23.2 Å². The number of aryl methyl sites for hydroxylation is 1. The quantitative estimate of drug-likeness (QED) is 0.818. The first-order valence-corrected chi connectivity index (χ1v) is 9.61. The summed E-state index contributed by atoms with van der Waals surface area (Å²) in [5.74, 6) is 0. The van der Waals surface area contributed by atoms with Gasteiger partial charge in [-0.1, -0.05) is 47.0 Å². The lowest BCUT2D eigenvalue weighted by molar-refractivity contribution is 0.363. The van der Waals surface area contributed by atoms with Crippen LogP contribution in [-0.2, 0) is 10.0 Å². The van der Waals surface area contributed by atoms with Crippen molar-refractivity contribution in [3.63, 3.8) is 0 Å². The summed E-state index contributed by atoms with van der Waals surface area (Å²) in [6.07, 6.45) is 0. The van der Waals surface area contributed by atoms with Crippen molar-refractivity contribution in [2.24, 2.45) is 0 Å². The molecule has 0 aliphatic rings. The molecule has 130 valence electrons. The molecule has 0 radical (unpaired) electrons. The zero-order valence-electron chi connectivity index (χ0n) is 13.8. The fourth-order valence-corrected chi connectivity index (χ4v) is 3.80. The molecule has 0 aliphatic carbocycles. The first kappa shape index (κ1) is 19.2. The summed E-state index contributed by atoms with van der Waals surface area (Å²) in [4.78, 5) is 2.14. The number of halogens is 2. The van der Waals surface area contributed by atoms with Gasteiger partial charge in [0.05, 0.1) is 21.0 Å². The lowest BCUT2D eigenvalue weighted by atomic mass is 10.1. The maximum Gasteiger partial charge on any atom is 0.241 e. The fraction of sp³-hybridized carbons (Fsp3) is 0.294. The molecule has 4 nitrogen and oxygen atoms in total. The van der Waals surface area contributed by atoms with Gasteiger partial charge >= 0.3 is 0 Å². The van der Waals surface area contributed by atoms with Crippen molar-refractivity contribution in [2.75, 3.05) is 20.6 Å². The van der Waals surface area contributed by atoms with Crippen LogP contribution in [0.2, 0.25) is 10.0 Å². The van der Waals surface area contributed by atoms with Crippen LogP contribution in [0.5, 0.6) is 0 Å². The van der Waals surface area contributed by atoms with Crippen LogP contribution < -0.4 is 4.72 Å². The highest BCUT2D eigenvalue weighted by Crippen LogP contribution is 2.27. The van der Waals surface area contributed by atoms with E-state index in [0.717, 1.165) is 11.1 Å². The number of nitrogens with one attached hydrogen (secondary N) is 1. The van der Waals surface area contributed by atoms with Crippen LogP contribution in [0.4, 0.5) is 0 Å². The topological polar surface area (TPSA) is 49.4 Å². The number of likely N-dealkylation sites (N-methyl/N-ethyl adjacent to an activating group) is 1. The second-order valence-corrected chi connectivity index (χ2v) is 8.45. The number of nitrogens with zero attached hydrogens (tertiary/aromatic N) is 1. The molecular weight excluding hydrogens is 367 g/mol. The molecule has 1 N–H and O–H groups in total. The van der Waals surface area contributed by atoms with Crippen molar-refractivity contribution < 1.29 is 8.42 Å². The molecule has 0 saturated carbocycles. The van der Waals surface area contributed by atoms with Gasteiger partial charge in [0.1, 0.15) is 0 Å². The first-order valence-electron chi connectivity index (χ1n) is 7.38. The Morgan fingerprint density at radius 2 is 1.67 bits per heavy atom. The number of sulfonamides is 1. The molecule has 0 saturated heterocycles. The van der Waals surface area contributed by atoms with E-state index in [4.69, 9.17) is 23.2 Å². The van der Waals surface area contributed by atoms with Gasteiger partial charge in [0.25, 0.3) is 0 Å². The molecule has 1 atom stereocenters. The monoisotopic (exact) mass is 386 g/mol. The van der Waals surface area contributed by atoms with Gasteiger partial charge in [0.15, 0.2) is 0 Å². The van der Waals surface area contributed by atoms with Crippen molar-refractivity contribution >= 4 is 33.2 Å². The zero-order valence-corrected chi connectivity index (χ0v) is 16.1. The fourth-order valence-electron chi connectivity index (χ4n) is 2.28. The summed E-state index contributed by atoms with van der Waals surface area (Å²) in [5, 5.41) is 0.831. The molecule has 0 spiro atoms. The second-order valence-electron chi connectivity index (χ2n) is 5.92. The highest BCUT2D eigenvalue weighted by Gasteiger charge is 2.22. The molecule has 0 heterocycles. The predicted octanol–water partition coefficient (Wildman–Crippen LogP) is 3.88. The molecule has 24 heavy (non-hydrogen) atoms. The van der Waals surface area contributed by atoms with Gasteiger partial charge in [0.2, 0.25) is 10.0 Å². The van der Waals surface area contributed by atoms with Crippen molar-refractivity contribution in [3.05, 3.63) is 63.6 Å². The molecule has 0 bridgehead atoms. The minimum absolute atomic E-state index is 0.233. The highest BCUT2D eigenvalue weighted by atomic mass is 35.5. The van der Waals surface area contributed by atoms with Gasteiger partial charge in [-0.3, -0.25) is 0 Å². The summed E-state index contributed by atoms with van der Waals surface area (Å²) in [7, 11) is 0.114. The molecule has 7 heteroatoms. The van der Waals surface area contributed by atoms with Crippen LogP contribution in [0.15, 0.2) is 47.4 Å². The normalized spacial score (nSPS) is 13.2. The lowest BCUT2D eigenvalue weighted by Gasteiger charge is -2.23. The Balaban J connectivity index is 2.34. The average Bonchev–Trinajstić information content (AvgIpc) is 2.49. The van der Waals surface area contributed by atoms with Crippen LogP contribution in [0.25, 0.3) is 0 Å². The van der Waals surface area contributed by atoms with Crippen LogP contribution in [0.1, 0.15) is 17.2 Å². The van der Waals surface area contributed by atoms with E-state index in [1.807, 2.05) is 25.9 Å². The number of hydrogen-bond donors (Lipinski definition) is 1. The average molecular weight is 387 g/mol. The molecule has 2 rings (SSSR count). The minimum Gasteiger partial charge on any atom is -0.307 e. The summed E-state index contributed by atoms with van der Waals surface area (Å²) < 4.78 is 28.1. The standard InChI is InChI=1S/C17H20Cl2N2O2S/c1-12-4-7-14(8-5-12)24(22,23)20-17(11-21(2)3)13-6-9-15(18)16(19)10-13/h4-10,17,20H,11H2,1-3H3. The van der Waals surface area contributed by atoms with Crippen LogP contribution in [-0.4, -0.2) is 34.0 Å². The molecule has 2 aromatic rings. The smallest absolute Gasteiger partial charge is 0.241 e. The van der Waals surface area contributed by atoms with Gasteiger partial charge < -0.3 is 4.90 Å². The predicted molar refractivity (Wildman–Crippen MR) is 99.3 cm³/mol. The SMILES string of the molecule is Cc1ccc(S(=O)(=O)NC(CN(C)C)c2ccc(Cl)c(Cl)c2)cc1. The third kappa shape index (κ3) is 4.94. The van der Waals surface area contributed by atoms with E-state index in [2.05, 4.69) is 4.72 Å². The Labute approximate surface area is 153 Å². The molecule has 0 aliphatic heterocycles. The summed E-state index contributed by atoms with van der Waals surface area (Å²) in [6, 6.07) is 11.4. The van der Waals surface area contributed by atoms with Gasteiger partial charge in [-0.15, -0.1) is 0 Å². The Kier molecular flexibility index (Phi) is 6.28. The third-order valence-electron chi connectivity index (χ3n) is 3.52. The third-order valence-corrected chi connectivity index (χ3v) is 5.75. The largest absolute Gasteiger partial charge is 0.307 e. The van der Waals surface area contributed by atoms with Gasteiger partial charge in [-0.25, -0.2) is 13.1 Å². The lowest BCUT2D eigenvalue weighted by Crippen LogP contribution is -2.35. The van der Waals surface area contributed by atoms with Crippen molar-refractivity contribution in [1.29, 1.82) is 0 Å². The first-order chi connectivity index (χ1) is 11.2. The van der Waals surface area contributed by atoms with Gasteiger partial charge in [-0.2, -0.15) is 0 Å². The Hall–Kier alpha value is -1.11. The summed E-state index contributed by atoms with van der Waals surface area (Å²) in [6.45, 7) is 2.40. The van der Waals surface area contributed by atoms with E-state index in [-0.39, 0.29) is 4.90 Å². The molecule has 0 amide bonds. The zero-order chi connectivity index (χ0) is 17.9. The maximum absolute atomic E-state index is 12.7. The van der Waals surface area contributed by atoms with Gasteiger partial charge in [0, 0.05) is 6.54 Å². The molecule has 0 fully saturated rings. The van der Waals surface area contributed by atoms with E-state index in [9.17, 15) is 8.42 Å². The molecule has 0 aromatic heterocycles. The minimum atomic E-state index is -3.65. The molecular formula is C17H20Cl2N2O2S. The Bertz CT molecular complexity index is 806. The van der Waals surface area contributed by atoms with Crippen LogP contribution in [0, 0.1) is 6.92 Å². The molecule has 1 unspecified atom stereocenters. The summed E-state index contributed by atoms with van der Waals surface area (Å²) in [5.41, 5.74) is 1.76. The van der Waals surface area contributed by atoms with Crippen molar-refractivity contribution in [3.8, 4) is 0 Å². The van der Waals surface area contributed by atoms with E-state index >= 15 is 0 Å². The maximum atomic E-state index is 12.7. The number of rotatable bonds is 6. The van der Waals surface area contributed by atoms with E-state index < -0.39 is 16.1 Å². The van der Waals surface area contributed by atoms with E-state index in [0.29, 0.717) is 16.6 Å². The van der Waals surface area contributed by atoms with Crippen molar-refractivity contribution in [2.45, 2.75) is 17.9 Å². The Morgan fingerprint density at radius 1 is 1.04 bits per heavy atom. The van der Waals surface area contributed by atoms with Crippen molar-refractivity contribution in [1.82, 2.24) is 9.62 Å². The number of benzene rings is 2.